The molecule has 0 aromatic heterocycles. The number of carbonyl (C=O) groups excluding carboxylic acids is 1. The summed E-state index contributed by atoms with van der Waals surface area (Å²) in [7, 11) is 1.57. The Labute approximate surface area is 133 Å². The fourth-order valence-electron chi connectivity index (χ4n) is 2.43. The first-order valence-corrected chi connectivity index (χ1v) is 7.89. The number of ether oxygens (including phenoxy) is 2. The standard InChI is InChI=1S/C15H21BrN2O3/c1-4-21-14-12(16)7-11(8-13(14)20-3)15(19)18-6-5-17-10(2)9-18/h7-8,10,17H,4-6,9H2,1-3H3. The van der Waals surface area contributed by atoms with Crippen molar-refractivity contribution in [3.05, 3.63) is 22.2 Å². The van der Waals surface area contributed by atoms with Crippen molar-refractivity contribution < 1.29 is 14.3 Å². The van der Waals surface area contributed by atoms with Crippen molar-refractivity contribution in [1.29, 1.82) is 0 Å². The van der Waals surface area contributed by atoms with Crippen LogP contribution >= 0.6 is 15.9 Å². The van der Waals surface area contributed by atoms with E-state index in [4.69, 9.17) is 9.47 Å². The SMILES string of the molecule is CCOc1c(Br)cc(C(=O)N2CCNC(C)C2)cc1OC. The summed E-state index contributed by atoms with van der Waals surface area (Å²) >= 11 is 3.46. The maximum Gasteiger partial charge on any atom is 0.254 e. The van der Waals surface area contributed by atoms with Crippen molar-refractivity contribution in [3.63, 3.8) is 0 Å². The third-order valence-electron chi connectivity index (χ3n) is 3.42. The Balaban J connectivity index is 2.27. The number of nitrogens with zero attached hydrogens (tertiary/aromatic N) is 1. The number of hydrogen-bond donors (Lipinski definition) is 1. The first kappa shape index (κ1) is 16.1. The summed E-state index contributed by atoms with van der Waals surface area (Å²) < 4.78 is 11.6. The highest BCUT2D eigenvalue weighted by atomic mass is 79.9. The minimum Gasteiger partial charge on any atom is -0.493 e. The number of amides is 1. The van der Waals surface area contributed by atoms with Gasteiger partial charge in [-0.25, -0.2) is 0 Å². The average Bonchev–Trinajstić information content (AvgIpc) is 2.48. The third kappa shape index (κ3) is 3.68. The average molecular weight is 357 g/mol. The van der Waals surface area contributed by atoms with Crippen LogP contribution in [-0.2, 0) is 0 Å². The second-order valence-electron chi connectivity index (χ2n) is 5.03. The van der Waals surface area contributed by atoms with E-state index < -0.39 is 0 Å². The molecule has 0 radical (unpaired) electrons. The molecular formula is C15H21BrN2O3. The lowest BCUT2D eigenvalue weighted by molar-refractivity contribution is 0.0708. The van der Waals surface area contributed by atoms with Gasteiger partial charge in [0.2, 0.25) is 0 Å². The highest BCUT2D eigenvalue weighted by molar-refractivity contribution is 9.10. The van der Waals surface area contributed by atoms with Gasteiger partial charge in [0.05, 0.1) is 18.2 Å². The summed E-state index contributed by atoms with van der Waals surface area (Å²) in [6.45, 7) is 6.78. The maximum absolute atomic E-state index is 12.6. The quantitative estimate of drug-likeness (QED) is 0.899. The zero-order chi connectivity index (χ0) is 15.4. The van der Waals surface area contributed by atoms with E-state index in [1.165, 1.54) is 0 Å². The van der Waals surface area contributed by atoms with E-state index in [2.05, 4.69) is 28.2 Å². The summed E-state index contributed by atoms with van der Waals surface area (Å²) in [6.07, 6.45) is 0. The van der Waals surface area contributed by atoms with Crippen molar-refractivity contribution >= 4 is 21.8 Å². The van der Waals surface area contributed by atoms with E-state index in [1.54, 1.807) is 19.2 Å². The van der Waals surface area contributed by atoms with Gasteiger partial charge in [0.15, 0.2) is 11.5 Å². The molecule has 1 atom stereocenters. The molecule has 2 rings (SSSR count). The Morgan fingerprint density at radius 3 is 2.90 bits per heavy atom. The summed E-state index contributed by atoms with van der Waals surface area (Å²) in [4.78, 5) is 14.5. The minimum atomic E-state index is 0.0189. The molecule has 1 aromatic carbocycles. The van der Waals surface area contributed by atoms with E-state index in [9.17, 15) is 4.79 Å². The van der Waals surface area contributed by atoms with E-state index in [1.807, 2.05) is 11.8 Å². The van der Waals surface area contributed by atoms with Crippen LogP contribution in [0, 0.1) is 0 Å². The fourth-order valence-corrected chi connectivity index (χ4v) is 2.98. The van der Waals surface area contributed by atoms with Crippen LogP contribution in [0.3, 0.4) is 0 Å². The highest BCUT2D eigenvalue weighted by Crippen LogP contribution is 2.37. The predicted molar refractivity (Wildman–Crippen MR) is 85.2 cm³/mol. The van der Waals surface area contributed by atoms with Crippen molar-refractivity contribution in [2.75, 3.05) is 33.4 Å². The number of halogens is 1. The molecule has 1 aromatic rings. The zero-order valence-electron chi connectivity index (χ0n) is 12.6. The van der Waals surface area contributed by atoms with Gasteiger partial charge in [-0.3, -0.25) is 4.79 Å². The zero-order valence-corrected chi connectivity index (χ0v) is 14.2. The molecule has 5 nitrogen and oxygen atoms in total. The number of methoxy groups -OCH3 is 1. The van der Waals surface area contributed by atoms with Gasteiger partial charge in [0, 0.05) is 31.2 Å². The Bertz CT molecular complexity index is 522. The maximum atomic E-state index is 12.6. The Morgan fingerprint density at radius 1 is 1.52 bits per heavy atom. The van der Waals surface area contributed by atoms with Crippen LogP contribution in [-0.4, -0.2) is 50.2 Å². The van der Waals surface area contributed by atoms with Gasteiger partial charge in [-0.1, -0.05) is 0 Å². The number of hydrogen-bond acceptors (Lipinski definition) is 4. The van der Waals surface area contributed by atoms with Crippen molar-refractivity contribution in [2.45, 2.75) is 19.9 Å². The molecule has 0 saturated carbocycles. The molecule has 1 unspecified atom stereocenters. The lowest BCUT2D eigenvalue weighted by Crippen LogP contribution is -2.51. The van der Waals surface area contributed by atoms with Gasteiger partial charge in [0.25, 0.3) is 5.91 Å². The van der Waals surface area contributed by atoms with Crippen LogP contribution in [0.15, 0.2) is 16.6 Å². The molecule has 1 amide bonds. The second kappa shape index (κ2) is 7.13. The van der Waals surface area contributed by atoms with Gasteiger partial charge < -0.3 is 19.7 Å². The van der Waals surface area contributed by atoms with Gasteiger partial charge in [0.1, 0.15) is 0 Å². The number of benzene rings is 1. The smallest absolute Gasteiger partial charge is 0.254 e. The van der Waals surface area contributed by atoms with Crippen LogP contribution in [0.1, 0.15) is 24.2 Å². The van der Waals surface area contributed by atoms with E-state index >= 15 is 0 Å². The lowest BCUT2D eigenvalue weighted by atomic mass is 10.1. The van der Waals surface area contributed by atoms with Gasteiger partial charge in [-0.15, -0.1) is 0 Å². The van der Waals surface area contributed by atoms with Crippen LogP contribution in [0.5, 0.6) is 11.5 Å². The molecule has 0 aliphatic carbocycles. The van der Waals surface area contributed by atoms with E-state index in [-0.39, 0.29) is 5.91 Å². The molecule has 6 heteroatoms. The lowest BCUT2D eigenvalue weighted by Gasteiger charge is -2.32. The summed E-state index contributed by atoms with van der Waals surface area (Å²) in [5, 5.41) is 3.33. The van der Waals surface area contributed by atoms with Gasteiger partial charge in [-0.2, -0.15) is 0 Å². The number of rotatable bonds is 4. The molecule has 1 fully saturated rings. The third-order valence-corrected chi connectivity index (χ3v) is 4.01. The Kier molecular flexibility index (Phi) is 5.47. The normalized spacial score (nSPS) is 18.5. The summed E-state index contributed by atoms with van der Waals surface area (Å²) in [5.41, 5.74) is 0.608. The van der Waals surface area contributed by atoms with Crippen LogP contribution < -0.4 is 14.8 Å². The largest absolute Gasteiger partial charge is 0.493 e. The van der Waals surface area contributed by atoms with Gasteiger partial charge in [-0.05, 0) is 41.9 Å². The molecular weight excluding hydrogens is 336 g/mol. The first-order valence-electron chi connectivity index (χ1n) is 7.09. The van der Waals surface area contributed by atoms with Crippen molar-refractivity contribution in [1.82, 2.24) is 10.2 Å². The molecule has 1 saturated heterocycles. The van der Waals surface area contributed by atoms with Crippen molar-refractivity contribution in [3.8, 4) is 11.5 Å². The minimum absolute atomic E-state index is 0.0189. The molecule has 21 heavy (non-hydrogen) atoms. The fraction of sp³-hybridized carbons (Fsp3) is 0.533. The molecule has 1 aliphatic heterocycles. The summed E-state index contributed by atoms with van der Waals surface area (Å²) in [5.74, 6) is 1.22. The second-order valence-corrected chi connectivity index (χ2v) is 5.88. The van der Waals surface area contributed by atoms with E-state index in [0.717, 1.165) is 17.6 Å². The van der Waals surface area contributed by atoms with E-state index in [0.29, 0.717) is 36.3 Å². The first-order chi connectivity index (χ1) is 10.1. The summed E-state index contributed by atoms with van der Waals surface area (Å²) in [6, 6.07) is 3.85. The molecule has 116 valence electrons. The topological polar surface area (TPSA) is 50.8 Å². The van der Waals surface area contributed by atoms with Crippen LogP contribution in [0.4, 0.5) is 0 Å². The molecule has 1 heterocycles. The molecule has 1 aliphatic rings. The molecule has 0 bridgehead atoms. The number of carbonyl (C=O) groups is 1. The number of nitrogens with one attached hydrogen (secondary N) is 1. The Hall–Kier alpha value is -1.27. The molecule has 0 spiro atoms. The highest BCUT2D eigenvalue weighted by Gasteiger charge is 2.23. The predicted octanol–water partition coefficient (Wildman–Crippen LogP) is 2.29. The number of piperazine rings is 1. The van der Waals surface area contributed by atoms with Crippen LogP contribution in [0.2, 0.25) is 0 Å². The van der Waals surface area contributed by atoms with Crippen LogP contribution in [0.25, 0.3) is 0 Å². The molecule has 1 N–H and O–H groups in total. The Morgan fingerprint density at radius 2 is 2.29 bits per heavy atom. The van der Waals surface area contributed by atoms with Crippen molar-refractivity contribution in [2.24, 2.45) is 0 Å². The monoisotopic (exact) mass is 356 g/mol. The van der Waals surface area contributed by atoms with Gasteiger partial charge >= 0.3 is 0 Å².